The van der Waals surface area contributed by atoms with Crippen LogP contribution in [0.4, 0.5) is 0 Å². The Bertz CT molecular complexity index is 614. The van der Waals surface area contributed by atoms with E-state index in [-0.39, 0.29) is 11.5 Å². The van der Waals surface area contributed by atoms with Crippen molar-refractivity contribution >= 4 is 16.5 Å². The van der Waals surface area contributed by atoms with Crippen LogP contribution in [-0.2, 0) is 0 Å². The minimum atomic E-state index is -1.12. The van der Waals surface area contributed by atoms with Crippen molar-refractivity contribution in [3.05, 3.63) is 53.3 Å². The van der Waals surface area contributed by atoms with Crippen molar-refractivity contribution in [1.82, 2.24) is 0 Å². The molecule has 3 heteroatoms. The molecule has 1 unspecified atom stereocenters. The lowest BCUT2D eigenvalue weighted by Crippen LogP contribution is -1.97. The summed E-state index contributed by atoms with van der Waals surface area (Å²) < 4.78 is 0. The smallest absolute Gasteiger partial charge is 0.168 e. The maximum absolute atomic E-state index is 9.85. The molecule has 80 valence electrons. The quantitative estimate of drug-likeness (QED) is 0.631. The summed E-state index contributed by atoms with van der Waals surface area (Å²) in [5.74, 6) is -0.598. The third-order valence-electron chi connectivity index (χ3n) is 3.00. The molecule has 0 saturated heterocycles. The largest absolute Gasteiger partial charge is 0.506 e. The zero-order valence-electron chi connectivity index (χ0n) is 8.38. The fourth-order valence-corrected chi connectivity index (χ4v) is 2.20. The minimum absolute atomic E-state index is 0.228. The van der Waals surface area contributed by atoms with Crippen molar-refractivity contribution in [2.45, 2.75) is 6.10 Å². The lowest BCUT2D eigenvalue weighted by Gasteiger charge is -2.08. The van der Waals surface area contributed by atoms with E-state index in [0.29, 0.717) is 11.1 Å². The number of aliphatic hydroxyl groups excluding tert-OH is 3. The van der Waals surface area contributed by atoms with Gasteiger partial charge >= 0.3 is 0 Å². The number of hydrogen-bond donors (Lipinski definition) is 3. The first-order valence-corrected chi connectivity index (χ1v) is 5.02. The highest BCUT2D eigenvalue weighted by atomic mass is 16.3. The molecular formula is C13H10O3. The number of hydrogen-bond acceptors (Lipinski definition) is 3. The molecule has 1 aliphatic rings. The van der Waals surface area contributed by atoms with Gasteiger partial charge in [0.25, 0.3) is 0 Å². The molecule has 0 spiro atoms. The van der Waals surface area contributed by atoms with Crippen molar-refractivity contribution in [2.24, 2.45) is 0 Å². The topological polar surface area (TPSA) is 60.7 Å². The van der Waals surface area contributed by atoms with Gasteiger partial charge in [0.2, 0.25) is 0 Å². The second-order valence-corrected chi connectivity index (χ2v) is 3.88. The van der Waals surface area contributed by atoms with Crippen molar-refractivity contribution in [3.8, 4) is 0 Å². The maximum atomic E-state index is 9.85. The van der Waals surface area contributed by atoms with Crippen LogP contribution in [0.2, 0.25) is 0 Å². The molecule has 0 amide bonds. The first kappa shape index (κ1) is 9.24. The number of fused-ring (bicyclic) bond motifs is 3. The first-order valence-electron chi connectivity index (χ1n) is 5.02. The van der Waals surface area contributed by atoms with Crippen LogP contribution in [0.25, 0.3) is 16.5 Å². The highest BCUT2D eigenvalue weighted by Crippen LogP contribution is 2.41. The second-order valence-electron chi connectivity index (χ2n) is 3.88. The Hall–Kier alpha value is -2.00. The summed E-state index contributed by atoms with van der Waals surface area (Å²) in [6, 6.07) is 11.1. The lowest BCUT2D eigenvalue weighted by molar-refractivity contribution is 0.159. The molecule has 3 rings (SSSR count). The van der Waals surface area contributed by atoms with Crippen LogP contribution in [0.5, 0.6) is 0 Å². The summed E-state index contributed by atoms with van der Waals surface area (Å²) in [5.41, 5.74) is 1.08. The van der Waals surface area contributed by atoms with Gasteiger partial charge in [-0.2, -0.15) is 0 Å². The molecule has 0 heterocycles. The van der Waals surface area contributed by atoms with Gasteiger partial charge in [-0.3, -0.25) is 0 Å². The number of aliphatic hydroxyl groups is 3. The molecule has 3 nitrogen and oxygen atoms in total. The SMILES string of the molecule is OC1=C(O)C(O)c2c1ccc1ccccc21. The van der Waals surface area contributed by atoms with E-state index in [4.69, 9.17) is 0 Å². The van der Waals surface area contributed by atoms with Crippen molar-refractivity contribution in [2.75, 3.05) is 0 Å². The standard InChI is InChI=1S/C13H10O3/c14-11-9-6-5-7-3-1-2-4-8(7)10(9)12(15)13(11)16/h1-6,12,14-16H. The average molecular weight is 214 g/mol. The van der Waals surface area contributed by atoms with E-state index in [1.165, 1.54) is 0 Å². The zero-order valence-corrected chi connectivity index (χ0v) is 8.38. The van der Waals surface area contributed by atoms with E-state index in [2.05, 4.69) is 0 Å². The third kappa shape index (κ3) is 1.01. The van der Waals surface area contributed by atoms with Crippen LogP contribution in [0.15, 0.2) is 42.2 Å². The van der Waals surface area contributed by atoms with E-state index < -0.39 is 6.10 Å². The summed E-state index contributed by atoms with van der Waals surface area (Å²) in [4.78, 5) is 0. The monoisotopic (exact) mass is 214 g/mol. The molecule has 0 radical (unpaired) electrons. The summed E-state index contributed by atoms with van der Waals surface area (Å²) in [6.45, 7) is 0. The van der Waals surface area contributed by atoms with Crippen LogP contribution in [0.1, 0.15) is 17.2 Å². The molecular weight excluding hydrogens is 204 g/mol. The highest BCUT2D eigenvalue weighted by molar-refractivity contribution is 5.92. The Labute approximate surface area is 91.9 Å². The molecule has 1 atom stereocenters. The summed E-state index contributed by atoms with van der Waals surface area (Å²) >= 11 is 0. The molecule has 2 aromatic rings. The summed E-state index contributed by atoms with van der Waals surface area (Å²) in [7, 11) is 0. The van der Waals surface area contributed by atoms with E-state index in [0.717, 1.165) is 10.8 Å². The van der Waals surface area contributed by atoms with Gasteiger partial charge in [0, 0.05) is 11.1 Å². The van der Waals surface area contributed by atoms with Gasteiger partial charge in [-0.25, -0.2) is 0 Å². The summed E-state index contributed by atoms with van der Waals surface area (Å²) in [5, 5.41) is 30.9. The summed E-state index contributed by atoms with van der Waals surface area (Å²) in [6.07, 6.45) is -1.12. The third-order valence-corrected chi connectivity index (χ3v) is 3.00. The molecule has 2 aromatic carbocycles. The van der Waals surface area contributed by atoms with Gasteiger partial charge in [-0.05, 0) is 10.8 Å². The predicted molar refractivity (Wildman–Crippen MR) is 61.1 cm³/mol. The van der Waals surface area contributed by atoms with Crippen molar-refractivity contribution < 1.29 is 15.3 Å². The predicted octanol–water partition coefficient (Wildman–Crippen LogP) is 2.67. The number of rotatable bonds is 0. The Kier molecular flexibility index (Phi) is 1.73. The molecule has 0 saturated carbocycles. The Morgan fingerprint density at radius 3 is 2.50 bits per heavy atom. The van der Waals surface area contributed by atoms with Crippen LogP contribution in [0.3, 0.4) is 0 Å². The van der Waals surface area contributed by atoms with Crippen LogP contribution < -0.4 is 0 Å². The minimum Gasteiger partial charge on any atom is -0.506 e. The average Bonchev–Trinajstić information content (AvgIpc) is 2.55. The molecule has 0 fully saturated rings. The molecule has 0 bridgehead atoms. The van der Waals surface area contributed by atoms with Crippen molar-refractivity contribution in [1.29, 1.82) is 0 Å². The maximum Gasteiger partial charge on any atom is 0.168 e. The molecule has 1 aliphatic carbocycles. The molecule has 3 N–H and O–H groups in total. The van der Waals surface area contributed by atoms with Gasteiger partial charge in [0.05, 0.1) is 0 Å². The van der Waals surface area contributed by atoms with E-state index >= 15 is 0 Å². The van der Waals surface area contributed by atoms with E-state index in [1.807, 2.05) is 30.3 Å². The van der Waals surface area contributed by atoms with Gasteiger partial charge in [0.15, 0.2) is 11.5 Å². The normalized spacial score (nSPS) is 19.2. The van der Waals surface area contributed by atoms with Gasteiger partial charge in [0.1, 0.15) is 6.10 Å². The lowest BCUT2D eigenvalue weighted by atomic mass is 9.99. The van der Waals surface area contributed by atoms with Crippen LogP contribution in [0, 0.1) is 0 Å². The molecule has 0 aliphatic heterocycles. The highest BCUT2D eigenvalue weighted by Gasteiger charge is 2.31. The van der Waals surface area contributed by atoms with E-state index in [1.54, 1.807) is 6.07 Å². The molecule has 16 heavy (non-hydrogen) atoms. The van der Waals surface area contributed by atoms with Crippen LogP contribution in [-0.4, -0.2) is 15.3 Å². The van der Waals surface area contributed by atoms with Gasteiger partial charge in [-0.1, -0.05) is 36.4 Å². The fraction of sp³-hybridized carbons (Fsp3) is 0.0769. The van der Waals surface area contributed by atoms with Crippen molar-refractivity contribution in [3.63, 3.8) is 0 Å². The Morgan fingerprint density at radius 2 is 1.69 bits per heavy atom. The Morgan fingerprint density at radius 1 is 0.938 bits per heavy atom. The molecule has 0 aromatic heterocycles. The Balaban J connectivity index is 2.42. The van der Waals surface area contributed by atoms with Gasteiger partial charge in [-0.15, -0.1) is 0 Å². The number of benzene rings is 2. The van der Waals surface area contributed by atoms with Gasteiger partial charge < -0.3 is 15.3 Å². The first-order chi connectivity index (χ1) is 7.70. The fourth-order valence-electron chi connectivity index (χ4n) is 2.20. The van der Waals surface area contributed by atoms with Crippen LogP contribution >= 0.6 is 0 Å². The second kappa shape index (κ2) is 3.00. The zero-order chi connectivity index (χ0) is 11.3. The van der Waals surface area contributed by atoms with E-state index in [9.17, 15) is 15.3 Å².